The van der Waals surface area contributed by atoms with Crippen LogP contribution in [0, 0.1) is 0 Å². The normalized spacial score (nSPS) is 10.6. The highest BCUT2D eigenvalue weighted by molar-refractivity contribution is 7.99. The van der Waals surface area contributed by atoms with Gasteiger partial charge in [0.2, 0.25) is 11.9 Å². The maximum atomic E-state index is 5.55. The highest BCUT2D eigenvalue weighted by atomic mass is 32.2. The number of nitrogens with two attached hydrogens (primary N) is 1. The number of nitrogens with zero attached hydrogens (tertiary/aromatic N) is 3. The average molecular weight is 213 g/mol. The molecule has 0 atom stereocenters. The van der Waals surface area contributed by atoms with Crippen LogP contribution >= 0.6 is 11.8 Å². The first-order chi connectivity index (χ1) is 6.61. The molecule has 0 aliphatic rings. The molecule has 0 spiro atoms. The highest BCUT2D eigenvalue weighted by Gasteiger charge is 2.04. The van der Waals surface area contributed by atoms with Crippen molar-refractivity contribution in [1.29, 1.82) is 0 Å². The molecular weight excluding hydrogens is 198 g/mol. The SMILES string of the molecule is CCSc1nc(N)nc(NC(C)C)n1. The second kappa shape index (κ2) is 4.99. The Morgan fingerprint density at radius 3 is 2.64 bits per heavy atom. The van der Waals surface area contributed by atoms with E-state index in [9.17, 15) is 0 Å². The van der Waals surface area contributed by atoms with Crippen LogP contribution in [0.4, 0.5) is 11.9 Å². The molecular formula is C8H15N5S. The van der Waals surface area contributed by atoms with Gasteiger partial charge in [0.1, 0.15) is 0 Å². The van der Waals surface area contributed by atoms with Crippen LogP contribution in [0.5, 0.6) is 0 Å². The van der Waals surface area contributed by atoms with E-state index in [4.69, 9.17) is 5.73 Å². The van der Waals surface area contributed by atoms with Gasteiger partial charge in [0.05, 0.1) is 0 Å². The molecule has 0 aromatic carbocycles. The summed E-state index contributed by atoms with van der Waals surface area (Å²) in [6.07, 6.45) is 0. The predicted octanol–water partition coefficient (Wildman–Crippen LogP) is 1.39. The Morgan fingerprint density at radius 1 is 1.36 bits per heavy atom. The monoisotopic (exact) mass is 213 g/mol. The minimum atomic E-state index is 0.263. The molecule has 0 saturated heterocycles. The molecule has 3 N–H and O–H groups in total. The van der Waals surface area contributed by atoms with E-state index in [1.165, 1.54) is 0 Å². The number of nitrogens with one attached hydrogen (secondary N) is 1. The number of anilines is 2. The fourth-order valence-electron chi connectivity index (χ4n) is 0.888. The van der Waals surface area contributed by atoms with Crippen LogP contribution < -0.4 is 11.1 Å². The van der Waals surface area contributed by atoms with Crippen LogP contribution in [-0.2, 0) is 0 Å². The molecule has 1 aromatic heterocycles. The van der Waals surface area contributed by atoms with Crippen molar-refractivity contribution in [3.05, 3.63) is 0 Å². The maximum Gasteiger partial charge on any atom is 0.228 e. The Hall–Kier alpha value is -1.04. The molecule has 1 rings (SSSR count). The zero-order chi connectivity index (χ0) is 10.6. The van der Waals surface area contributed by atoms with Crippen LogP contribution in [0.15, 0.2) is 5.16 Å². The van der Waals surface area contributed by atoms with Crippen molar-refractivity contribution >= 4 is 23.7 Å². The quantitative estimate of drug-likeness (QED) is 0.736. The van der Waals surface area contributed by atoms with Gasteiger partial charge in [-0.15, -0.1) is 0 Å². The van der Waals surface area contributed by atoms with Gasteiger partial charge in [0.25, 0.3) is 0 Å². The van der Waals surface area contributed by atoms with E-state index in [2.05, 4.69) is 20.3 Å². The van der Waals surface area contributed by atoms with Crippen molar-refractivity contribution in [3.63, 3.8) is 0 Å². The van der Waals surface area contributed by atoms with Crippen LogP contribution in [0.25, 0.3) is 0 Å². The molecule has 0 amide bonds. The molecule has 0 bridgehead atoms. The lowest BCUT2D eigenvalue weighted by Crippen LogP contribution is -2.14. The van der Waals surface area contributed by atoms with Crippen LogP contribution in [0.3, 0.4) is 0 Å². The van der Waals surface area contributed by atoms with Gasteiger partial charge in [-0.25, -0.2) is 0 Å². The molecule has 14 heavy (non-hydrogen) atoms. The van der Waals surface area contributed by atoms with E-state index in [-0.39, 0.29) is 12.0 Å². The van der Waals surface area contributed by atoms with Crippen molar-refractivity contribution in [2.45, 2.75) is 32.0 Å². The zero-order valence-electron chi connectivity index (χ0n) is 8.61. The number of nitrogen functional groups attached to an aromatic ring is 1. The number of thioether (sulfide) groups is 1. The van der Waals surface area contributed by atoms with Gasteiger partial charge >= 0.3 is 0 Å². The van der Waals surface area contributed by atoms with Gasteiger partial charge < -0.3 is 11.1 Å². The van der Waals surface area contributed by atoms with Gasteiger partial charge in [0.15, 0.2) is 5.16 Å². The lowest BCUT2D eigenvalue weighted by Gasteiger charge is -2.08. The second-order valence-electron chi connectivity index (χ2n) is 3.03. The fourth-order valence-corrected chi connectivity index (χ4v) is 1.46. The van der Waals surface area contributed by atoms with Crippen LogP contribution in [-0.4, -0.2) is 26.7 Å². The summed E-state index contributed by atoms with van der Waals surface area (Å²) >= 11 is 1.55. The third-order valence-electron chi connectivity index (χ3n) is 1.32. The van der Waals surface area contributed by atoms with Gasteiger partial charge in [0, 0.05) is 6.04 Å². The molecule has 0 aliphatic heterocycles. The van der Waals surface area contributed by atoms with Crippen molar-refractivity contribution in [3.8, 4) is 0 Å². The van der Waals surface area contributed by atoms with Crippen molar-refractivity contribution in [1.82, 2.24) is 15.0 Å². The molecule has 0 saturated carbocycles. The Labute approximate surface area is 87.9 Å². The van der Waals surface area contributed by atoms with E-state index >= 15 is 0 Å². The van der Waals surface area contributed by atoms with E-state index in [0.29, 0.717) is 11.1 Å². The Kier molecular flexibility index (Phi) is 3.94. The molecule has 1 heterocycles. The molecule has 78 valence electrons. The molecule has 0 radical (unpaired) electrons. The summed E-state index contributed by atoms with van der Waals surface area (Å²) in [6.45, 7) is 6.08. The van der Waals surface area contributed by atoms with E-state index in [1.807, 2.05) is 20.8 Å². The summed E-state index contributed by atoms with van der Waals surface area (Å²) in [4.78, 5) is 12.2. The maximum absolute atomic E-state index is 5.55. The van der Waals surface area contributed by atoms with Gasteiger partial charge in [-0.1, -0.05) is 18.7 Å². The number of rotatable bonds is 4. The average Bonchev–Trinajstić information content (AvgIpc) is 2.01. The van der Waals surface area contributed by atoms with E-state index < -0.39 is 0 Å². The molecule has 1 aromatic rings. The zero-order valence-corrected chi connectivity index (χ0v) is 9.43. The first-order valence-corrected chi connectivity index (χ1v) is 5.51. The topological polar surface area (TPSA) is 76.7 Å². The molecule has 0 aliphatic carbocycles. The summed E-state index contributed by atoms with van der Waals surface area (Å²) in [5.41, 5.74) is 5.55. The second-order valence-corrected chi connectivity index (χ2v) is 4.26. The van der Waals surface area contributed by atoms with E-state index in [0.717, 1.165) is 5.75 Å². The van der Waals surface area contributed by atoms with Crippen molar-refractivity contribution in [2.75, 3.05) is 16.8 Å². The fraction of sp³-hybridized carbons (Fsp3) is 0.625. The summed E-state index contributed by atoms with van der Waals surface area (Å²) in [5, 5.41) is 3.76. The van der Waals surface area contributed by atoms with Gasteiger partial charge in [-0.05, 0) is 19.6 Å². The number of aromatic nitrogens is 3. The third kappa shape index (κ3) is 3.37. The van der Waals surface area contributed by atoms with Gasteiger partial charge in [-0.3, -0.25) is 0 Å². The number of hydrogen-bond donors (Lipinski definition) is 2. The molecule has 0 fully saturated rings. The Morgan fingerprint density at radius 2 is 2.07 bits per heavy atom. The summed E-state index contributed by atoms with van der Waals surface area (Å²) in [7, 11) is 0. The summed E-state index contributed by atoms with van der Waals surface area (Å²) in [5.74, 6) is 1.73. The Balaban J connectivity index is 2.83. The Bertz CT molecular complexity index is 302. The van der Waals surface area contributed by atoms with Crippen LogP contribution in [0.2, 0.25) is 0 Å². The lowest BCUT2D eigenvalue weighted by molar-refractivity contribution is 0.840. The van der Waals surface area contributed by atoms with Crippen LogP contribution in [0.1, 0.15) is 20.8 Å². The number of hydrogen-bond acceptors (Lipinski definition) is 6. The summed E-state index contributed by atoms with van der Waals surface area (Å²) in [6, 6.07) is 0.288. The van der Waals surface area contributed by atoms with E-state index in [1.54, 1.807) is 11.8 Å². The largest absolute Gasteiger partial charge is 0.368 e. The summed E-state index contributed by atoms with van der Waals surface area (Å²) < 4.78 is 0. The predicted molar refractivity (Wildman–Crippen MR) is 59.4 cm³/mol. The minimum Gasteiger partial charge on any atom is -0.368 e. The highest BCUT2D eigenvalue weighted by Crippen LogP contribution is 2.14. The standard InChI is InChI=1S/C8H15N5S/c1-4-14-8-12-6(9)11-7(13-8)10-5(2)3/h5H,4H2,1-3H3,(H3,9,10,11,12,13). The lowest BCUT2D eigenvalue weighted by atomic mass is 10.4. The van der Waals surface area contributed by atoms with Crippen molar-refractivity contribution in [2.24, 2.45) is 0 Å². The first-order valence-electron chi connectivity index (χ1n) is 4.52. The molecule has 0 unspecified atom stereocenters. The molecule has 5 nitrogen and oxygen atoms in total. The smallest absolute Gasteiger partial charge is 0.228 e. The molecule has 6 heteroatoms. The first kappa shape index (κ1) is 11.0. The van der Waals surface area contributed by atoms with Gasteiger partial charge in [-0.2, -0.15) is 15.0 Å². The minimum absolute atomic E-state index is 0.263. The van der Waals surface area contributed by atoms with Crippen molar-refractivity contribution < 1.29 is 0 Å². The third-order valence-corrected chi connectivity index (χ3v) is 2.05.